The van der Waals surface area contributed by atoms with Gasteiger partial charge < -0.3 is 20.1 Å². The number of amides is 5. The van der Waals surface area contributed by atoms with E-state index in [0.29, 0.717) is 9.87 Å². The summed E-state index contributed by atoms with van der Waals surface area (Å²) in [5.74, 6) is -0.722. The van der Waals surface area contributed by atoms with E-state index in [0.717, 1.165) is 11.2 Å². The molecule has 13 heteroatoms. The first-order chi connectivity index (χ1) is 18.2. The Labute approximate surface area is 227 Å². The van der Waals surface area contributed by atoms with Gasteiger partial charge in [0, 0.05) is 24.2 Å². The standard InChI is InChI=1S/C26H32N4O8S/c1-7-38-25(34)30(39(6,35)36)17-10-8-16(9-11-17)28-23(32)19-14-18(29-21(31)12-13-27-24(29)33)15-20(22(19)37-5)26(2,3)4/h8-11,14-15H,7,12-13H2,1-6H3,(H,27,33)(H,28,32). The summed E-state index contributed by atoms with van der Waals surface area (Å²) in [5, 5.41) is 5.35. The van der Waals surface area contributed by atoms with Gasteiger partial charge in [-0.15, -0.1) is 0 Å². The van der Waals surface area contributed by atoms with Gasteiger partial charge in [-0.25, -0.2) is 22.9 Å². The van der Waals surface area contributed by atoms with Crippen LogP contribution in [0.5, 0.6) is 5.75 Å². The van der Waals surface area contributed by atoms with Crippen molar-refractivity contribution < 1.29 is 37.1 Å². The fourth-order valence-corrected chi connectivity index (χ4v) is 4.85. The lowest BCUT2D eigenvalue weighted by Crippen LogP contribution is -2.50. The van der Waals surface area contributed by atoms with Crippen molar-refractivity contribution in [2.45, 2.75) is 39.5 Å². The number of nitrogens with one attached hydrogen (secondary N) is 2. The lowest BCUT2D eigenvalue weighted by Gasteiger charge is -2.30. The normalized spacial score (nSPS) is 13.9. The average molecular weight is 561 g/mol. The van der Waals surface area contributed by atoms with Crippen molar-refractivity contribution in [2.75, 3.05) is 41.0 Å². The highest BCUT2D eigenvalue weighted by Gasteiger charge is 2.32. The molecule has 39 heavy (non-hydrogen) atoms. The molecule has 12 nitrogen and oxygen atoms in total. The summed E-state index contributed by atoms with van der Waals surface area (Å²) >= 11 is 0. The van der Waals surface area contributed by atoms with Crippen LogP contribution in [0.1, 0.15) is 50.0 Å². The van der Waals surface area contributed by atoms with Crippen molar-refractivity contribution in [2.24, 2.45) is 0 Å². The summed E-state index contributed by atoms with van der Waals surface area (Å²) in [6, 6.07) is 8.02. The molecule has 1 heterocycles. The van der Waals surface area contributed by atoms with Gasteiger partial charge in [-0.3, -0.25) is 9.59 Å². The van der Waals surface area contributed by atoms with Crippen LogP contribution in [0.2, 0.25) is 0 Å². The third-order valence-corrected chi connectivity index (χ3v) is 6.80. The number of anilines is 3. The Morgan fingerprint density at radius 2 is 1.77 bits per heavy atom. The summed E-state index contributed by atoms with van der Waals surface area (Å²) in [4.78, 5) is 51.8. The Morgan fingerprint density at radius 3 is 2.28 bits per heavy atom. The van der Waals surface area contributed by atoms with Gasteiger partial charge in [-0.2, -0.15) is 4.31 Å². The molecule has 1 aliphatic heterocycles. The molecule has 210 valence electrons. The molecule has 5 amide bonds. The Balaban J connectivity index is 2.01. The van der Waals surface area contributed by atoms with Crippen LogP contribution in [0.15, 0.2) is 36.4 Å². The van der Waals surface area contributed by atoms with Crippen LogP contribution in [0, 0.1) is 0 Å². The van der Waals surface area contributed by atoms with Crippen LogP contribution in [-0.2, 0) is 25.0 Å². The second kappa shape index (κ2) is 11.3. The summed E-state index contributed by atoms with van der Waals surface area (Å²) in [6.07, 6.45) is -0.0596. The fourth-order valence-electron chi connectivity index (χ4n) is 4.02. The number of carbonyl (C=O) groups excluding carboxylic acids is 4. The first-order valence-electron chi connectivity index (χ1n) is 12.1. The highest BCUT2D eigenvalue weighted by molar-refractivity contribution is 7.92. The van der Waals surface area contributed by atoms with E-state index in [9.17, 15) is 27.6 Å². The van der Waals surface area contributed by atoms with Gasteiger partial charge in [0.1, 0.15) is 5.75 Å². The maximum atomic E-state index is 13.5. The molecule has 0 aliphatic carbocycles. The Bertz CT molecular complexity index is 1380. The van der Waals surface area contributed by atoms with E-state index >= 15 is 0 Å². The smallest absolute Gasteiger partial charge is 0.428 e. The van der Waals surface area contributed by atoms with E-state index in [1.807, 2.05) is 20.8 Å². The highest BCUT2D eigenvalue weighted by Crippen LogP contribution is 2.38. The second-order valence-electron chi connectivity index (χ2n) is 9.76. The third-order valence-electron chi connectivity index (χ3n) is 5.78. The third kappa shape index (κ3) is 6.48. The SMILES string of the molecule is CCOC(=O)N(c1ccc(NC(=O)c2cc(N3C(=O)CCNC3=O)cc(C(C)(C)C)c2OC)cc1)S(C)(=O)=O. The van der Waals surface area contributed by atoms with E-state index in [4.69, 9.17) is 9.47 Å². The lowest BCUT2D eigenvalue weighted by molar-refractivity contribution is -0.118. The first-order valence-corrected chi connectivity index (χ1v) is 14.0. The molecule has 1 aliphatic rings. The van der Waals surface area contributed by atoms with E-state index in [1.165, 1.54) is 37.4 Å². The monoisotopic (exact) mass is 560 g/mol. The summed E-state index contributed by atoms with van der Waals surface area (Å²) in [6.45, 7) is 7.49. The molecule has 2 aromatic carbocycles. The van der Waals surface area contributed by atoms with E-state index in [2.05, 4.69) is 10.6 Å². The minimum absolute atomic E-state index is 0.0128. The molecular formula is C26H32N4O8S. The zero-order valence-corrected chi connectivity index (χ0v) is 23.5. The second-order valence-corrected chi connectivity index (χ2v) is 11.6. The molecule has 0 bridgehead atoms. The van der Waals surface area contributed by atoms with Crippen molar-refractivity contribution in [3.8, 4) is 5.75 Å². The van der Waals surface area contributed by atoms with Crippen molar-refractivity contribution in [3.63, 3.8) is 0 Å². The number of carbonyl (C=O) groups is 4. The van der Waals surface area contributed by atoms with Gasteiger partial charge in [0.25, 0.3) is 5.91 Å². The molecule has 0 saturated carbocycles. The van der Waals surface area contributed by atoms with Crippen molar-refractivity contribution in [1.82, 2.24) is 5.32 Å². The van der Waals surface area contributed by atoms with Gasteiger partial charge in [0.05, 0.1) is 36.9 Å². The predicted molar refractivity (Wildman–Crippen MR) is 146 cm³/mol. The van der Waals surface area contributed by atoms with Gasteiger partial charge in [-0.05, 0) is 48.7 Å². The van der Waals surface area contributed by atoms with Crippen molar-refractivity contribution in [3.05, 3.63) is 47.5 Å². The summed E-state index contributed by atoms with van der Waals surface area (Å²) in [5.41, 5.74) is 0.708. The molecular weight excluding hydrogens is 528 g/mol. The van der Waals surface area contributed by atoms with Crippen LogP contribution >= 0.6 is 0 Å². The number of rotatable bonds is 7. The van der Waals surface area contributed by atoms with Crippen molar-refractivity contribution in [1.29, 1.82) is 0 Å². The van der Waals surface area contributed by atoms with Crippen LogP contribution in [0.4, 0.5) is 26.7 Å². The number of hydrogen-bond donors (Lipinski definition) is 2. The van der Waals surface area contributed by atoms with Gasteiger partial charge in [0.15, 0.2) is 0 Å². The van der Waals surface area contributed by atoms with Crippen LogP contribution < -0.4 is 24.6 Å². The van der Waals surface area contributed by atoms with Crippen molar-refractivity contribution >= 4 is 51.0 Å². The number of imide groups is 1. The molecule has 0 aromatic heterocycles. The maximum absolute atomic E-state index is 13.5. The molecule has 2 N–H and O–H groups in total. The maximum Gasteiger partial charge on any atom is 0.428 e. The number of benzene rings is 2. The minimum atomic E-state index is -3.98. The Kier molecular flexibility index (Phi) is 8.54. The molecule has 0 spiro atoms. The Hall–Kier alpha value is -4.13. The zero-order chi connectivity index (χ0) is 29.1. The quantitative estimate of drug-likeness (QED) is 0.521. The lowest BCUT2D eigenvalue weighted by atomic mass is 9.84. The number of ether oxygens (including phenoxy) is 2. The Morgan fingerprint density at radius 1 is 1.13 bits per heavy atom. The summed E-state index contributed by atoms with van der Waals surface area (Å²) in [7, 11) is -2.56. The zero-order valence-electron chi connectivity index (χ0n) is 22.7. The van der Waals surface area contributed by atoms with Crippen LogP contribution in [0.25, 0.3) is 0 Å². The molecule has 0 radical (unpaired) electrons. The highest BCUT2D eigenvalue weighted by atomic mass is 32.2. The molecule has 1 fully saturated rings. The van der Waals surface area contributed by atoms with Gasteiger partial charge in [0.2, 0.25) is 15.9 Å². The summed E-state index contributed by atoms with van der Waals surface area (Å²) < 4.78 is 35.3. The number of nitrogens with zero attached hydrogens (tertiary/aromatic N) is 2. The van der Waals surface area contributed by atoms with Crippen LogP contribution in [-0.4, -0.2) is 58.9 Å². The minimum Gasteiger partial charge on any atom is -0.496 e. The van der Waals surface area contributed by atoms with Gasteiger partial charge >= 0.3 is 12.1 Å². The number of hydrogen-bond acceptors (Lipinski definition) is 8. The van der Waals surface area contributed by atoms with Gasteiger partial charge in [-0.1, -0.05) is 20.8 Å². The average Bonchev–Trinajstić information content (AvgIpc) is 2.83. The van der Waals surface area contributed by atoms with E-state index in [-0.39, 0.29) is 47.9 Å². The van der Waals surface area contributed by atoms with Crippen LogP contribution in [0.3, 0.4) is 0 Å². The molecule has 1 saturated heterocycles. The number of sulfonamides is 1. The fraction of sp³-hybridized carbons (Fsp3) is 0.385. The molecule has 0 unspecified atom stereocenters. The molecule has 0 atom stereocenters. The number of methoxy groups -OCH3 is 1. The first kappa shape index (κ1) is 29.4. The number of urea groups is 1. The largest absolute Gasteiger partial charge is 0.496 e. The topological polar surface area (TPSA) is 151 Å². The molecule has 3 rings (SSSR count). The van der Waals surface area contributed by atoms with E-state index in [1.54, 1.807) is 13.0 Å². The molecule has 2 aromatic rings. The van der Waals surface area contributed by atoms with E-state index < -0.39 is 39.4 Å². The predicted octanol–water partition coefficient (Wildman–Crippen LogP) is 3.61.